The van der Waals surface area contributed by atoms with Crippen LogP contribution < -0.4 is 0 Å². The van der Waals surface area contributed by atoms with Crippen molar-refractivity contribution in [3.05, 3.63) is 76.5 Å². The van der Waals surface area contributed by atoms with Crippen molar-refractivity contribution >= 4 is 23.3 Å². The summed E-state index contributed by atoms with van der Waals surface area (Å²) in [4.78, 5) is 25.8. The average Bonchev–Trinajstić information content (AvgIpc) is 3.47. The van der Waals surface area contributed by atoms with E-state index in [1.54, 1.807) is 6.20 Å². The van der Waals surface area contributed by atoms with Gasteiger partial charge in [-0.15, -0.1) is 11.3 Å². The molecule has 0 aliphatic carbocycles. The molecule has 3 aromatic heterocycles. The normalized spacial score (nSPS) is 15.7. The molecule has 1 aliphatic rings. The molecular weight excluding hydrogens is 544 g/mol. The highest BCUT2D eigenvalue weighted by atomic mass is 32.1. The summed E-state index contributed by atoms with van der Waals surface area (Å²) in [6.45, 7) is 4.42. The molecule has 4 rings (SSSR count). The van der Waals surface area contributed by atoms with Gasteiger partial charge < -0.3 is 19.5 Å². The van der Waals surface area contributed by atoms with Gasteiger partial charge in [-0.25, -0.2) is 9.59 Å². The Balaban J connectivity index is 0.000000301. The fourth-order valence-electron chi connectivity index (χ4n) is 3.18. The molecule has 1 unspecified atom stereocenters. The molecule has 0 radical (unpaired) electrons. The first-order valence-electron chi connectivity index (χ1n) is 10.7. The number of nitrogens with zero attached hydrogens (tertiary/aromatic N) is 3. The Morgan fingerprint density at radius 2 is 1.66 bits per heavy atom. The number of carboxylic acids is 2. The number of aromatic nitrogens is 2. The van der Waals surface area contributed by atoms with Gasteiger partial charge in [-0.2, -0.15) is 26.3 Å². The van der Waals surface area contributed by atoms with Crippen molar-refractivity contribution in [1.82, 2.24) is 14.5 Å². The first kappa shape index (κ1) is 30.8. The van der Waals surface area contributed by atoms with Gasteiger partial charge in [0.15, 0.2) is 0 Å². The van der Waals surface area contributed by atoms with Crippen molar-refractivity contribution in [2.75, 3.05) is 6.54 Å². The molecule has 0 saturated heterocycles. The summed E-state index contributed by atoms with van der Waals surface area (Å²) in [5.41, 5.74) is 2.48. The van der Waals surface area contributed by atoms with Crippen LogP contribution in [-0.4, -0.2) is 61.6 Å². The number of hydrogen-bond acceptors (Lipinski definition) is 6. The van der Waals surface area contributed by atoms with Crippen LogP contribution in [0, 0.1) is 0 Å². The Morgan fingerprint density at radius 3 is 2.18 bits per heavy atom. The van der Waals surface area contributed by atoms with E-state index in [9.17, 15) is 26.3 Å². The summed E-state index contributed by atoms with van der Waals surface area (Å²) in [6, 6.07) is 12.7. The third-order valence-electron chi connectivity index (χ3n) is 4.82. The molecule has 0 fully saturated rings. The summed E-state index contributed by atoms with van der Waals surface area (Å²) < 4.78 is 72.0. The highest BCUT2D eigenvalue weighted by molar-refractivity contribution is 7.09. The molecule has 1 aliphatic heterocycles. The molecule has 208 valence electrons. The van der Waals surface area contributed by atoms with E-state index < -0.39 is 24.3 Å². The van der Waals surface area contributed by atoms with E-state index in [2.05, 4.69) is 56.4 Å². The number of fused-ring (bicyclic) bond motifs is 1. The molecule has 0 amide bonds. The summed E-state index contributed by atoms with van der Waals surface area (Å²) in [5, 5.41) is 16.4. The standard InChI is InChI=1S/C19H21N3OS.2C2HF3O2/c1-4-16(10-20-7-1)15-23-18-12-21(14-19-6-3-9-24-19)11-17-5-2-8-22(17)13-18;2*3-2(4,5)1(6)7/h1-10,18H,11-15H2;2*(H,6,7). The lowest BCUT2D eigenvalue weighted by Gasteiger charge is -2.23. The van der Waals surface area contributed by atoms with Gasteiger partial charge in [-0.3, -0.25) is 9.88 Å². The summed E-state index contributed by atoms with van der Waals surface area (Å²) >= 11 is 1.82. The van der Waals surface area contributed by atoms with Crippen molar-refractivity contribution in [2.24, 2.45) is 0 Å². The van der Waals surface area contributed by atoms with E-state index >= 15 is 0 Å². The predicted molar refractivity (Wildman–Crippen MR) is 123 cm³/mol. The molecule has 0 spiro atoms. The van der Waals surface area contributed by atoms with Crippen LogP contribution in [0.25, 0.3) is 0 Å². The minimum atomic E-state index is -5.08. The number of hydrogen-bond donors (Lipinski definition) is 2. The fourth-order valence-corrected chi connectivity index (χ4v) is 3.92. The van der Waals surface area contributed by atoms with Gasteiger partial charge in [0.1, 0.15) is 0 Å². The van der Waals surface area contributed by atoms with Gasteiger partial charge in [0.05, 0.1) is 12.7 Å². The van der Waals surface area contributed by atoms with Gasteiger partial charge >= 0.3 is 24.3 Å². The molecule has 0 aromatic carbocycles. The zero-order valence-corrected chi connectivity index (χ0v) is 20.3. The third kappa shape index (κ3) is 10.9. The Kier molecular flexibility index (Phi) is 11.3. The van der Waals surface area contributed by atoms with E-state index in [0.29, 0.717) is 6.61 Å². The lowest BCUT2D eigenvalue weighted by atomic mass is 10.3. The topological polar surface area (TPSA) is 105 Å². The van der Waals surface area contributed by atoms with Crippen molar-refractivity contribution < 1.29 is 50.9 Å². The van der Waals surface area contributed by atoms with E-state index in [-0.39, 0.29) is 6.10 Å². The smallest absolute Gasteiger partial charge is 0.475 e. The molecule has 38 heavy (non-hydrogen) atoms. The van der Waals surface area contributed by atoms with E-state index in [1.807, 2.05) is 23.6 Å². The maximum atomic E-state index is 10.6. The molecule has 3 aromatic rings. The Morgan fingerprint density at radius 1 is 1.00 bits per heavy atom. The second-order valence-electron chi connectivity index (χ2n) is 7.80. The van der Waals surface area contributed by atoms with Gasteiger partial charge in [-0.1, -0.05) is 12.1 Å². The van der Waals surface area contributed by atoms with Crippen molar-refractivity contribution in [3.63, 3.8) is 0 Å². The van der Waals surface area contributed by atoms with Gasteiger partial charge in [0.2, 0.25) is 0 Å². The largest absolute Gasteiger partial charge is 0.490 e. The van der Waals surface area contributed by atoms with Crippen molar-refractivity contribution in [1.29, 1.82) is 0 Å². The second-order valence-corrected chi connectivity index (χ2v) is 8.83. The second kappa shape index (κ2) is 13.9. The third-order valence-corrected chi connectivity index (χ3v) is 5.69. The molecule has 1 atom stereocenters. The van der Waals surface area contributed by atoms with Crippen molar-refractivity contribution in [2.45, 2.75) is 44.7 Å². The lowest BCUT2D eigenvalue weighted by molar-refractivity contribution is -0.193. The quantitative estimate of drug-likeness (QED) is 0.427. The van der Waals surface area contributed by atoms with E-state index in [4.69, 9.17) is 24.5 Å². The number of carboxylic acid groups (broad SMARTS) is 2. The highest BCUT2D eigenvalue weighted by Crippen LogP contribution is 2.20. The summed E-state index contributed by atoms with van der Waals surface area (Å²) in [5.74, 6) is -5.51. The number of ether oxygens (including phenoxy) is 1. The van der Waals surface area contributed by atoms with Crippen LogP contribution in [-0.2, 0) is 40.6 Å². The minimum Gasteiger partial charge on any atom is -0.475 e. The minimum absolute atomic E-state index is 0.179. The first-order chi connectivity index (χ1) is 17.8. The van der Waals surface area contributed by atoms with Gasteiger partial charge in [0, 0.05) is 55.3 Å². The first-order valence-corrected chi connectivity index (χ1v) is 11.6. The molecule has 0 saturated carbocycles. The summed E-state index contributed by atoms with van der Waals surface area (Å²) in [7, 11) is 0. The molecular formula is C23H23F6N3O5S. The monoisotopic (exact) mass is 567 g/mol. The lowest BCUT2D eigenvalue weighted by Crippen LogP contribution is -2.32. The number of aliphatic carboxylic acids is 2. The fraction of sp³-hybridized carbons (Fsp3) is 0.348. The highest BCUT2D eigenvalue weighted by Gasteiger charge is 2.38. The predicted octanol–water partition coefficient (Wildman–Crippen LogP) is 4.81. The van der Waals surface area contributed by atoms with E-state index in [1.165, 1.54) is 10.6 Å². The van der Waals surface area contributed by atoms with Crippen LogP contribution in [0.3, 0.4) is 0 Å². The number of alkyl halides is 6. The Hall–Kier alpha value is -3.43. The van der Waals surface area contributed by atoms with E-state index in [0.717, 1.165) is 31.7 Å². The zero-order chi connectivity index (χ0) is 28.3. The molecule has 15 heteroatoms. The summed E-state index contributed by atoms with van der Waals surface area (Å²) in [6.07, 6.45) is -4.16. The van der Waals surface area contributed by atoms with Crippen LogP contribution in [0.5, 0.6) is 0 Å². The number of thiophene rings is 1. The number of rotatable bonds is 5. The van der Waals surface area contributed by atoms with Crippen LogP contribution in [0.2, 0.25) is 0 Å². The van der Waals surface area contributed by atoms with Crippen LogP contribution in [0.1, 0.15) is 16.1 Å². The SMILES string of the molecule is O=C(O)C(F)(F)F.O=C(O)C(F)(F)F.c1cncc(COC2CN(Cc3cccs3)Cc3cccn3C2)c1. The maximum Gasteiger partial charge on any atom is 0.490 e. The van der Waals surface area contributed by atoms with Crippen molar-refractivity contribution in [3.8, 4) is 0 Å². The molecule has 2 N–H and O–H groups in total. The Labute approximate surface area is 216 Å². The molecule has 4 heterocycles. The van der Waals surface area contributed by atoms with Gasteiger partial charge in [0.25, 0.3) is 0 Å². The number of halogens is 6. The zero-order valence-electron chi connectivity index (χ0n) is 19.5. The van der Waals surface area contributed by atoms with Gasteiger partial charge in [-0.05, 0) is 35.2 Å². The van der Waals surface area contributed by atoms with Crippen LogP contribution in [0.4, 0.5) is 26.3 Å². The maximum absolute atomic E-state index is 10.6. The Bertz CT molecular complexity index is 1110. The van der Waals surface area contributed by atoms with Crippen LogP contribution in [0.15, 0.2) is 60.4 Å². The number of carbonyl (C=O) groups is 2. The van der Waals surface area contributed by atoms with Crippen LogP contribution >= 0.6 is 11.3 Å². The number of pyridine rings is 1. The molecule has 0 bridgehead atoms. The molecule has 8 nitrogen and oxygen atoms in total. The average molecular weight is 568 g/mol.